The summed E-state index contributed by atoms with van der Waals surface area (Å²) in [7, 11) is 0. The zero-order chi connectivity index (χ0) is 10.1. The standard InChI is InChI=1S/C10H17N3S/c1-7-3-13(4-8(7)2)5-9-6-14-10(11)12-9/h6-8H,3-5H2,1-2H3,(H2,11,12). The van der Waals surface area contributed by atoms with Gasteiger partial charge in [-0.05, 0) is 11.8 Å². The molecule has 0 amide bonds. The third-order valence-corrected chi connectivity index (χ3v) is 3.74. The van der Waals surface area contributed by atoms with Crippen molar-refractivity contribution in [2.45, 2.75) is 20.4 Å². The van der Waals surface area contributed by atoms with Gasteiger partial charge in [-0.1, -0.05) is 13.8 Å². The zero-order valence-electron chi connectivity index (χ0n) is 8.73. The normalized spacial score (nSPS) is 28.4. The first kappa shape index (κ1) is 9.93. The van der Waals surface area contributed by atoms with E-state index >= 15 is 0 Å². The number of nitrogen functional groups attached to an aromatic ring is 1. The highest BCUT2D eigenvalue weighted by atomic mass is 32.1. The van der Waals surface area contributed by atoms with E-state index in [-0.39, 0.29) is 0 Å². The molecule has 2 atom stereocenters. The molecule has 1 aromatic heterocycles. The molecule has 1 fully saturated rings. The van der Waals surface area contributed by atoms with Gasteiger partial charge in [0, 0.05) is 25.0 Å². The Bertz CT molecular complexity index is 300. The number of likely N-dealkylation sites (tertiary alicyclic amines) is 1. The molecule has 1 aliphatic rings. The fourth-order valence-corrected chi connectivity index (χ4v) is 2.56. The van der Waals surface area contributed by atoms with Gasteiger partial charge >= 0.3 is 0 Å². The summed E-state index contributed by atoms with van der Waals surface area (Å²) in [6.45, 7) is 7.99. The Kier molecular flexibility index (Phi) is 2.74. The van der Waals surface area contributed by atoms with Gasteiger partial charge in [0.15, 0.2) is 5.13 Å². The number of hydrogen-bond acceptors (Lipinski definition) is 4. The summed E-state index contributed by atoms with van der Waals surface area (Å²) in [6.07, 6.45) is 0. The largest absolute Gasteiger partial charge is 0.375 e. The van der Waals surface area contributed by atoms with Crippen molar-refractivity contribution in [3.8, 4) is 0 Å². The molecule has 0 spiro atoms. The maximum absolute atomic E-state index is 5.60. The first-order valence-corrected chi connectivity index (χ1v) is 5.95. The molecule has 0 aliphatic carbocycles. The fraction of sp³-hybridized carbons (Fsp3) is 0.700. The van der Waals surface area contributed by atoms with Crippen molar-refractivity contribution in [1.29, 1.82) is 0 Å². The molecule has 4 heteroatoms. The molecule has 2 heterocycles. The second-order valence-electron chi connectivity index (χ2n) is 4.33. The number of nitrogens with zero attached hydrogens (tertiary/aromatic N) is 2. The Morgan fingerprint density at radius 1 is 1.50 bits per heavy atom. The van der Waals surface area contributed by atoms with Crippen molar-refractivity contribution in [1.82, 2.24) is 9.88 Å². The SMILES string of the molecule is CC1CN(Cc2csc(N)n2)CC1C. The van der Waals surface area contributed by atoms with E-state index in [0.29, 0.717) is 5.13 Å². The second kappa shape index (κ2) is 3.87. The van der Waals surface area contributed by atoms with Crippen LogP contribution in [0.3, 0.4) is 0 Å². The zero-order valence-corrected chi connectivity index (χ0v) is 9.55. The van der Waals surface area contributed by atoms with Gasteiger partial charge in [0.2, 0.25) is 0 Å². The summed E-state index contributed by atoms with van der Waals surface area (Å²) in [5.74, 6) is 1.62. The maximum atomic E-state index is 5.60. The van der Waals surface area contributed by atoms with Crippen LogP contribution in [0.5, 0.6) is 0 Å². The summed E-state index contributed by atoms with van der Waals surface area (Å²) in [6, 6.07) is 0. The van der Waals surface area contributed by atoms with Crippen molar-refractivity contribution in [2.24, 2.45) is 11.8 Å². The Hall–Kier alpha value is -0.610. The molecule has 14 heavy (non-hydrogen) atoms. The highest BCUT2D eigenvalue weighted by Gasteiger charge is 2.26. The number of nitrogens with two attached hydrogens (primary N) is 1. The highest BCUT2D eigenvalue weighted by molar-refractivity contribution is 7.13. The van der Waals surface area contributed by atoms with E-state index in [1.165, 1.54) is 24.4 Å². The molecule has 3 nitrogen and oxygen atoms in total. The predicted molar refractivity (Wildman–Crippen MR) is 60.1 cm³/mol. The van der Waals surface area contributed by atoms with E-state index in [9.17, 15) is 0 Å². The van der Waals surface area contributed by atoms with Crippen molar-refractivity contribution in [3.63, 3.8) is 0 Å². The van der Waals surface area contributed by atoms with Crippen LogP contribution < -0.4 is 5.73 Å². The summed E-state index contributed by atoms with van der Waals surface area (Å²) in [5, 5.41) is 2.74. The van der Waals surface area contributed by atoms with Gasteiger partial charge in [-0.3, -0.25) is 4.90 Å². The van der Waals surface area contributed by atoms with Crippen LogP contribution in [0.1, 0.15) is 19.5 Å². The topological polar surface area (TPSA) is 42.1 Å². The maximum Gasteiger partial charge on any atom is 0.180 e. The number of rotatable bonds is 2. The highest BCUT2D eigenvalue weighted by Crippen LogP contribution is 2.24. The van der Waals surface area contributed by atoms with Gasteiger partial charge in [-0.2, -0.15) is 0 Å². The Morgan fingerprint density at radius 2 is 2.14 bits per heavy atom. The molecule has 0 radical (unpaired) electrons. The second-order valence-corrected chi connectivity index (χ2v) is 5.22. The van der Waals surface area contributed by atoms with Crippen molar-refractivity contribution in [2.75, 3.05) is 18.8 Å². The van der Waals surface area contributed by atoms with Crippen LogP contribution in [0.15, 0.2) is 5.38 Å². The van der Waals surface area contributed by atoms with E-state index in [4.69, 9.17) is 5.73 Å². The van der Waals surface area contributed by atoms with E-state index in [2.05, 4.69) is 29.1 Å². The van der Waals surface area contributed by atoms with Gasteiger partial charge in [-0.15, -0.1) is 11.3 Å². The van der Waals surface area contributed by atoms with Crippen LogP contribution in [-0.4, -0.2) is 23.0 Å². The number of anilines is 1. The molecular formula is C10H17N3S. The van der Waals surface area contributed by atoms with E-state index < -0.39 is 0 Å². The predicted octanol–water partition coefficient (Wildman–Crippen LogP) is 1.81. The molecule has 2 N–H and O–H groups in total. The lowest BCUT2D eigenvalue weighted by atomic mass is 10.0. The molecule has 0 saturated carbocycles. The van der Waals surface area contributed by atoms with E-state index in [1.54, 1.807) is 0 Å². The lowest BCUT2D eigenvalue weighted by Gasteiger charge is -2.12. The van der Waals surface area contributed by atoms with Crippen LogP contribution in [0.4, 0.5) is 5.13 Å². The van der Waals surface area contributed by atoms with Gasteiger partial charge < -0.3 is 5.73 Å². The number of aromatic nitrogens is 1. The molecule has 0 bridgehead atoms. The van der Waals surface area contributed by atoms with Gasteiger partial charge in [-0.25, -0.2) is 4.98 Å². The lowest BCUT2D eigenvalue weighted by Crippen LogP contribution is -2.20. The lowest BCUT2D eigenvalue weighted by molar-refractivity contribution is 0.313. The van der Waals surface area contributed by atoms with E-state index in [0.717, 1.165) is 24.1 Å². The summed E-state index contributed by atoms with van der Waals surface area (Å²) < 4.78 is 0. The summed E-state index contributed by atoms with van der Waals surface area (Å²) in [4.78, 5) is 6.74. The van der Waals surface area contributed by atoms with Crippen LogP contribution in [0.2, 0.25) is 0 Å². The minimum atomic E-state index is 0.681. The minimum Gasteiger partial charge on any atom is -0.375 e. The number of thiazole rings is 1. The van der Waals surface area contributed by atoms with Gasteiger partial charge in [0.05, 0.1) is 5.69 Å². The smallest absolute Gasteiger partial charge is 0.180 e. The third kappa shape index (κ3) is 2.07. The molecule has 2 rings (SSSR count). The van der Waals surface area contributed by atoms with Crippen LogP contribution in [-0.2, 0) is 6.54 Å². The molecule has 1 saturated heterocycles. The Balaban J connectivity index is 1.93. The summed E-state index contributed by atoms with van der Waals surface area (Å²) >= 11 is 1.53. The number of hydrogen-bond donors (Lipinski definition) is 1. The van der Waals surface area contributed by atoms with E-state index in [1.807, 2.05) is 0 Å². The van der Waals surface area contributed by atoms with Crippen molar-refractivity contribution < 1.29 is 0 Å². The van der Waals surface area contributed by atoms with Crippen molar-refractivity contribution >= 4 is 16.5 Å². The monoisotopic (exact) mass is 211 g/mol. The summed E-state index contributed by atoms with van der Waals surface area (Å²) in [5.41, 5.74) is 6.72. The van der Waals surface area contributed by atoms with Crippen LogP contribution >= 0.6 is 11.3 Å². The molecule has 78 valence electrons. The quantitative estimate of drug-likeness (QED) is 0.811. The Labute approximate surface area is 88.9 Å². The van der Waals surface area contributed by atoms with Crippen molar-refractivity contribution in [3.05, 3.63) is 11.1 Å². The minimum absolute atomic E-state index is 0.681. The molecule has 1 aromatic rings. The molecule has 1 aliphatic heterocycles. The van der Waals surface area contributed by atoms with Gasteiger partial charge in [0.1, 0.15) is 0 Å². The van der Waals surface area contributed by atoms with Gasteiger partial charge in [0.25, 0.3) is 0 Å². The average Bonchev–Trinajstić information content (AvgIpc) is 2.62. The first-order chi connectivity index (χ1) is 6.65. The third-order valence-electron chi connectivity index (χ3n) is 3.02. The van der Waals surface area contributed by atoms with Crippen LogP contribution in [0.25, 0.3) is 0 Å². The fourth-order valence-electron chi connectivity index (χ4n) is 2.00. The molecule has 0 aromatic carbocycles. The Morgan fingerprint density at radius 3 is 2.64 bits per heavy atom. The van der Waals surface area contributed by atoms with Crippen LogP contribution in [0, 0.1) is 11.8 Å². The molecular weight excluding hydrogens is 194 g/mol. The first-order valence-electron chi connectivity index (χ1n) is 5.07. The average molecular weight is 211 g/mol. The molecule has 2 unspecified atom stereocenters.